The minimum absolute atomic E-state index is 0.0321. The van der Waals surface area contributed by atoms with Crippen LogP contribution in [0.25, 0.3) is 0 Å². The number of anilines is 2. The van der Waals surface area contributed by atoms with E-state index in [9.17, 15) is 19.2 Å². The lowest BCUT2D eigenvalue weighted by atomic mass is 9.76. The second-order valence-electron chi connectivity index (χ2n) is 9.35. The molecule has 0 unspecified atom stereocenters. The number of fused-ring (bicyclic) bond motifs is 1. The fourth-order valence-electron chi connectivity index (χ4n) is 5.38. The van der Waals surface area contributed by atoms with Gasteiger partial charge in [0.25, 0.3) is 11.8 Å². The van der Waals surface area contributed by atoms with E-state index in [1.54, 1.807) is 29.2 Å². The number of benzene rings is 3. The Balaban J connectivity index is 1.37. The van der Waals surface area contributed by atoms with Gasteiger partial charge in [-0.1, -0.05) is 35.0 Å². The molecule has 5 rings (SSSR count). The van der Waals surface area contributed by atoms with E-state index in [1.807, 2.05) is 24.3 Å². The Bertz CT molecular complexity index is 1360. The van der Waals surface area contributed by atoms with E-state index >= 15 is 0 Å². The van der Waals surface area contributed by atoms with Crippen LogP contribution in [0.15, 0.2) is 71.9 Å². The zero-order valence-electron chi connectivity index (χ0n) is 19.5. The molecular weight excluding hydrogens is 481 g/mol. The number of carbonyl (C=O) groups excluding carboxylic acids is 2. The fourth-order valence-corrected chi connectivity index (χ4v) is 5.58. The quantitative estimate of drug-likeness (QED) is 0.322. The number of hydrogen-bond acceptors (Lipinski definition) is 4. The predicted molar refractivity (Wildman–Crippen MR) is 138 cm³/mol. The summed E-state index contributed by atoms with van der Waals surface area (Å²) in [6.07, 6.45) is 4.14. The molecule has 1 saturated carbocycles. The van der Waals surface area contributed by atoms with Crippen molar-refractivity contribution in [1.29, 1.82) is 0 Å². The maximum atomic E-state index is 13.6. The molecule has 2 N–H and O–H groups in total. The van der Waals surface area contributed by atoms with Crippen molar-refractivity contribution in [1.82, 2.24) is 0 Å². The molecule has 184 valence electrons. The molecule has 3 aromatic carbocycles. The molecule has 2 aliphatic rings. The number of nitrogens with one attached hydrogen (secondary N) is 1. The Morgan fingerprint density at radius 3 is 2.61 bits per heavy atom. The monoisotopic (exact) mass is 505 g/mol. The Morgan fingerprint density at radius 1 is 1.06 bits per heavy atom. The lowest BCUT2D eigenvalue weighted by Gasteiger charge is -2.28. The summed E-state index contributed by atoms with van der Waals surface area (Å²) in [4.78, 5) is 27.9. The van der Waals surface area contributed by atoms with E-state index in [0.29, 0.717) is 17.8 Å². The lowest BCUT2D eigenvalue weighted by Crippen LogP contribution is -2.35. The molecule has 36 heavy (non-hydrogen) atoms. The van der Waals surface area contributed by atoms with Gasteiger partial charge in [-0.05, 0) is 86.2 Å². The number of hydrogen-bond donors (Lipinski definition) is 2. The van der Waals surface area contributed by atoms with Crippen molar-refractivity contribution in [2.45, 2.75) is 32.1 Å². The van der Waals surface area contributed by atoms with Gasteiger partial charge in [-0.3, -0.25) is 9.59 Å². The van der Waals surface area contributed by atoms with Gasteiger partial charge < -0.3 is 15.4 Å². The largest absolute Gasteiger partial charge is 0.411 e. The first-order valence-corrected chi connectivity index (χ1v) is 12.3. The first-order chi connectivity index (χ1) is 17.4. The van der Waals surface area contributed by atoms with Crippen molar-refractivity contribution in [2.75, 3.05) is 16.8 Å². The minimum atomic E-state index is -0.556. The molecular formula is C28H25ClFN3O3. The van der Waals surface area contributed by atoms with Crippen molar-refractivity contribution in [3.05, 3.63) is 94.3 Å². The molecule has 1 aliphatic carbocycles. The molecule has 1 aliphatic heterocycles. The Labute approximate surface area is 213 Å². The number of carbonyl (C=O) groups is 2. The third-order valence-electron chi connectivity index (χ3n) is 7.23. The standard InChI is InChI=1S/C28H25ClFN3O3/c29-23-12-9-20(30)16-22(23)26(34)31-21-10-7-18(8-11-21)27(35)33-15-14-28(13-3-6-25(28)32-36)17-19-4-1-2-5-24(19)33/h1-2,4-5,7-12,16,36H,3,6,13-15,17H2,(H,31,34)/b32-25+/t28-/m0/s1. The van der Waals surface area contributed by atoms with Crippen LogP contribution in [0.2, 0.25) is 5.02 Å². The first-order valence-electron chi connectivity index (χ1n) is 11.9. The van der Waals surface area contributed by atoms with Crippen LogP contribution < -0.4 is 10.2 Å². The minimum Gasteiger partial charge on any atom is -0.411 e. The van der Waals surface area contributed by atoms with Gasteiger partial charge in [0.2, 0.25) is 0 Å². The van der Waals surface area contributed by atoms with E-state index in [2.05, 4.69) is 10.5 Å². The smallest absolute Gasteiger partial charge is 0.258 e. The number of amides is 2. The third-order valence-corrected chi connectivity index (χ3v) is 7.56. The van der Waals surface area contributed by atoms with Crippen molar-refractivity contribution < 1.29 is 19.2 Å². The van der Waals surface area contributed by atoms with Crippen LogP contribution in [0.4, 0.5) is 15.8 Å². The second-order valence-corrected chi connectivity index (χ2v) is 9.76. The van der Waals surface area contributed by atoms with Crippen LogP contribution >= 0.6 is 11.6 Å². The Hall–Kier alpha value is -3.71. The number of rotatable bonds is 3. The highest BCUT2D eigenvalue weighted by molar-refractivity contribution is 6.34. The van der Waals surface area contributed by atoms with Crippen molar-refractivity contribution in [3.63, 3.8) is 0 Å². The maximum absolute atomic E-state index is 13.6. The predicted octanol–water partition coefficient (Wildman–Crippen LogP) is 6.32. The summed E-state index contributed by atoms with van der Waals surface area (Å²) in [6.45, 7) is 0.505. The van der Waals surface area contributed by atoms with Crippen molar-refractivity contribution in [2.24, 2.45) is 10.6 Å². The SMILES string of the molecule is O=C(Nc1ccc(C(=O)N2CC[C@@]3(CCC/C3=N\O)Cc3ccccc32)cc1)c1cc(F)ccc1Cl. The fraction of sp³-hybridized carbons (Fsp3) is 0.250. The molecule has 1 fully saturated rings. The third kappa shape index (κ3) is 4.46. The van der Waals surface area contributed by atoms with Gasteiger partial charge in [0, 0.05) is 28.9 Å². The maximum Gasteiger partial charge on any atom is 0.258 e. The van der Waals surface area contributed by atoms with Crippen molar-refractivity contribution >= 4 is 40.5 Å². The van der Waals surface area contributed by atoms with Crippen LogP contribution in [0.1, 0.15) is 52.0 Å². The van der Waals surface area contributed by atoms with Gasteiger partial charge in [-0.25, -0.2) is 4.39 Å². The highest BCUT2D eigenvalue weighted by Gasteiger charge is 2.43. The molecule has 3 aromatic rings. The van der Waals surface area contributed by atoms with E-state index in [4.69, 9.17) is 11.6 Å². The normalized spacial score (nSPS) is 20.3. The highest BCUT2D eigenvalue weighted by Crippen LogP contribution is 2.46. The molecule has 8 heteroatoms. The Morgan fingerprint density at radius 2 is 1.83 bits per heavy atom. The van der Waals surface area contributed by atoms with Gasteiger partial charge in [-0.15, -0.1) is 0 Å². The van der Waals surface area contributed by atoms with E-state index in [-0.39, 0.29) is 21.9 Å². The molecule has 1 spiro atoms. The molecule has 0 bridgehead atoms. The average molecular weight is 506 g/mol. The summed E-state index contributed by atoms with van der Waals surface area (Å²) < 4.78 is 13.5. The highest BCUT2D eigenvalue weighted by atomic mass is 35.5. The summed E-state index contributed by atoms with van der Waals surface area (Å²) >= 11 is 6.03. The number of halogens is 2. The van der Waals surface area contributed by atoms with Gasteiger partial charge >= 0.3 is 0 Å². The summed E-state index contributed by atoms with van der Waals surface area (Å²) in [5.41, 5.74) is 3.48. The summed E-state index contributed by atoms with van der Waals surface area (Å²) in [5.74, 6) is -1.24. The van der Waals surface area contributed by atoms with Crippen LogP contribution in [-0.4, -0.2) is 29.3 Å². The average Bonchev–Trinajstić information content (AvgIpc) is 3.20. The van der Waals surface area contributed by atoms with E-state index < -0.39 is 11.7 Å². The topological polar surface area (TPSA) is 82.0 Å². The van der Waals surface area contributed by atoms with Gasteiger partial charge in [0.15, 0.2) is 0 Å². The molecule has 1 atom stereocenters. The van der Waals surface area contributed by atoms with Crippen LogP contribution in [-0.2, 0) is 6.42 Å². The summed E-state index contributed by atoms with van der Waals surface area (Å²) in [7, 11) is 0. The molecule has 0 radical (unpaired) electrons. The zero-order chi connectivity index (χ0) is 25.3. The molecule has 0 saturated heterocycles. The summed E-state index contributed by atoms with van der Waals surface area (Å²) in [6, 6.07) is 18.1. The molecule has 2 amide bonds. The van der Waals surface area contributed by atoms with Gasteiger partial charge in [-0.2, -0.15) is 0 Å². The molecule has 1 heterocycles. The van der Waals surface area contributed by atoms with Gasteiger partial charge in [0.1, 0.15) is 5.82 Å². The molecule has 0 aromatic heterocycles. The van der Waals surface area contributed by atoms with Crippen molar-refractivity contribution in [3.8, 4) is 0 Å². The summed E-state index contributed by atoms with van der Waals surface area (Å²) in [5, 5.41) is 16.1. The number of nitrogens with zero attached hydrogens (tertiary/aromatic N) is 2. The first kappa shape index (κ1) is 24.0. The Kier molecular flexibility index (Phi) is 6.49. The lowest BCUT2D eigenvalue weighted by molar-refractivity contribution is 0.0984. The second kappa shape index (κ2) is 9.74. The number of para-hydroxylation sites is 1. The van der Waals surface area contributed by atoms with E-state index in [0.717, 1.165) is 55.1 Å². The van der Waals surface area contributed by atoms with Crippen LogP contribution in [0.3, 0.4) is 0 Å². The van der Waals surface area contributed by atoms with E-state index in [1.165, 1.54) is 12.1 Å². The van der Waals surface area contributed by atoms with Crippen LogP contribution in [0, 0.1) is 11.2 Å². The zero-order valence-corrected chi connectivity index (χ0v) is 20.3. The van der Waals surface area contributed by atoms with Crippen LogP contribution in [0.5, 0.6) is 0 Å². The van der Waals surface area contributed by atoms with Gasteiger partial charge in [0.05, 0.1) is 16.3 Å². The molecule has 6 nitrogen and oxygen atoms in total. The number of oxime groups is 1.